The van der Waals surface area contributed by atoms with Gasteiger partial charge in [0.2, 0.25) is 5.91 Å². The van der Waals surface area contributed by atoms with Crippen LogP contribution in [0.15, 0.2) is 83.5 Å². The zero-order valence-electron chi connectivity index (χ0n) is 19.1. The number of aryl methyl sites for hydroxylation is 1. The Morgan fingerprint density at radius 1 is 1.06 bits per heavy atom. The van der Waals surface area contributed by atoms with Crippen molar-refractivity contribution in [3.05, 3.63) is 95.5 Å². The van der Waals surface area contributed by atoms with Crippen molar-refractivity contribution in [1.29, 1.82) is 0 Å². The average molecular weight is 487 g/mol. The van der Waals surface area contributed by atoms with Gasteiger partial charge in [-0.15, -0.1) is 0 Å². The molecule has 2 heterocycles. The zero-order chi connectivity index (χ0) is 24.2. The lowest BCUT2D eigenvalue weighted by molar-refractivity contribution is -0.121. The van der Waals surface area contributed by atoms with Crippen LogP contribution in [0.4, 0.5) is 0 Å². The van der Waals surface area contributed by atoms with Crippen LogP contribution in [0.1, 0.15) is 17.7 Å². The summed E-state index contributed by atoms with van der Waals surface area (Å²) in [4.78, 5) is 21.8. The van der Waals surface area contributed by atoms with Crippen LogP contribution in [0.25, 0.3) is 28.3 Å². The number of amides is 1. The van der Waals surface area contributed by atoms with Crippen molar-refractivity contribution in [2.45, 2.75) is 19.4 Å². The molecule has 7 nitrogen and oxygen atoms in total. The van der Waals surface area contributed by atoms with Gasteiger partial charge in [0.05, 0.1) is 18.1 Å². The first-order valence-corrected chi connectivity index (χ1v) is 11.6. The van der Waals surface area contributed by atoms with Crippen LogP contribution in [0.5, 0.6) is 5.75 Å². The monoisotopic (exact) mass is 486 g/mol. The second-order valence-corrected chi connectivity index (χ2v) is 8.44. The summed E-state index contributed by atoms with van der Waals surface area (Å²) in [5.74, 6) is 1.33. The number of carbonyl (C=O) groups is 1. The molecule has 8 heteroatoms. The molecule has 5 aromatic rings. The number of benzene rings is 3. The van der Waals surface area contributed by atoms with Gasteiger partial charge in [-0.2, -0.15) is 4.98 Å². The number of hydrogen-bond donors (Lipinski definition) is 1. The second kappa shape index (κ2) is 10.0. The minimum absolute atomic E-state index is 0.0751. The third kappa shape index (κ3) is 5.05. The number of aromatic nitrogens is 3. The number of ether oxygens (including phenoxy) is 1. The molecule has 3 aromatic carbocycles. The molecule has 1 N–H and O–H groups in total. The molecule has 0 atom stereocenters. The molecule has 0 saturated carbocycles. The Kier molecular flexibility index (Phi) is 6.50. The van der Waals surface area contributed by atoms with E-state index in [-0.39, 0.29) is 12.3 Å². The number of oxazole rings is 1. The van der Waals surface area contributed by atoms with Crippen LogP contribution < -0.4 is 10.1 Å². The van der Waals surface area contributed by atoms with Crippen molar-refractivity contribution in [1.82, 2.24) is 19.9 Å². The molecule has 35 heavy (non-hydrogen) atoms. The van der Waals surface area contributed by atoms with E-state index < -0.39 is 0 Å². The standard InChI is InChI=1S/C27H23ClN4O3/c1-34-21-12-6-18(7-13-21)16-29-25(33)15-14-24-26(19-8-10-20(28)11-9-19)31-27(35-24)32-17-30-22-4-2-3-5-23(22)32/h2-13,17H,14-16H2,1H3,(H,29,33). The number of nitrogens with zero attached hydrogens (tertiary/aromatic N) is 3. The van der Waals surface area contributed by atoms with Crippen LogP contribution in [-0.2, 0) is 17.8 Å². The molecule has 0 unspecified atom stereocenters. The number of methoxy groups -OCH3 is 1. The highest BCUT2D eigenvalue weighted by molar-refractivity contribution is 6.30. The number of hydrogen-bond acceptors (Lipinski definition) is 5. The molecule has 5 rings (SSSR count). The summed E-state index contributed by atoms with van der Waals surface area (Å²) in [5, 5.41) is 3.59. The van der Waals surface area contributed by atoms with Crippen molar-refractivity contribution in [2.24, 2.45) is 0 Å². The summed E-state index contributed by atoms with van der Waals surface area (Å²) in [6.07, 6.45) is 2.34. The Balaban J connectivity index is 1.35. The van der Waals surface area contributed by atoms with Crippen molar-refractivity contribution in [3.63, 3.8) is 0 Å². The average Bonchev–Trinajstić information content (AvgIpc) is 3.51. The summed E-state index contributed by atoms with van der Waals surface area (Å²) in [6.45, 7) is 0.440. The maximum atomic E-state index is 12.6. The van der Waals surface area contributed by atoms with Crippen molar-refractivity contribution in [2.75, 3.05) is 7.11 Å². The fourth-order valence-corrected chi connectivity index (χ4v) is 3.94. The smallest absolute Gasteiger partial charge is 0.308 e. The van der Waals surface area contributed by atoms with Gasteiger partial charge in [-0.3, -0.25) is 9.36 Å². The third-order valence-electron chi connectivity index (χ3n) is 5.69. The van der Waals surface area contributed by atoms with Gasteiger partial charge in [0.1, 0.15) is 23.5 Å². The van der Waals surface area contributed by atoms with E-state index in [2.05, 4.69) is 10.3 Å². The Hall–Kier alpha value is -4.10. The Morgan fingerprint density at radius 3 is 2.60 bits per heavy atom. The Morgan fingerprint density at radius 2 is 1.83 bits per heavy atom. The SMILES string of the molecule is COc1ccc(CNC(=O)CCc2oc(-n3cnc4ccccc43)nc2-c2ccc(Cl)cc2)cc1. The molecule has 0 aliphatic rings. The lowest BCUT2D eigenvalue weighted by Gasteiger charge is -2.06. The largest absolute Gasteiger partial charge is 0.497 e. The fourth-order valence-electron chi connectivity index (χ4n) is 3.82. The first-order chi connectivity index (χ1) is 17.1. The molecule has 0 saturated heterocycles. The van der Waals surface area contributed by atoms with E-state index in [0.29, 0.717) is 35.5 Å². The molecule has 0 radical (unpaired) electrons. The highest BCUT2D eigenvalue weighted by atomic mass is 35.5. The molecule has 0 aliphatic heterocycles. The van der Waals surface area contributed by atoms with Gasteiger partial charge in [0, 0.05) is 30.0 Å². The lowest BCUT2D eigenvalue weighted by Crippen LogP contribution is -2.23. The van der Waals surface area contributed by atoms with E-state index in [0.717, 1.165) is 27.9 Å². The molecule has 0 aliphatic carbocycles. The van der Waals surface area contributed by atoms with Crippen LogP contribution >= 0.6 is 11.6 Å². The first-order valence-electron chi connectivity index (χ1n) is 11.2. The summed E-state index contributed by atoms with van der Waals surface area (Å²) in [5.41, 5.74) is 4.27. The predicted octanol–water partition coefficient (Wildman–Crippen LogP) is 5.59. The normalized spacial score (nSPS) is 11.0. The fraction of sp³-hybridized carbons (Fsp3) is 0.148. The van der Waals surface area contributed by atoms with Gasteiger partial charge in [0.15, 0.2) is 0 Å². The van der Waals surface area contributed by atoms with Gasteiger partial charge in [-0.05, 0) is 42.0 Å². The molecule has 0 fully saturated rings. The maximum Gasteiger partial charge on any atom is 0.308 e. The number of imidazole rings is 1. The van der Waals surface area contributed by atoms with E-state index in [1.54, 1.807) is 13.4 Å². The minimum Gasteiger partial charge on any atom is -0.497 e. The minimum atomic E-state index is -0.0751. The molecule has 1 amide bonds. The van der Waals surface area contributed by atoms with E-state index in [4.69, 9.17) is 25.7 Å². The summed E-state index contributed by atoms with van der Waals surface area (Å²) < 4.78 is 13.2. The highest BCUT2D eigenvalue weighted by Crippen LogP contribution is 2.29. The van der Waals surface area contributed by atoms with Crippen molar-refractivity contribution >= 4 is 28.5 Å². The summed E-state index contributed by atoms with van der Waals surface area (Å²) in [6, 6.07) is 23.2. The maximum absolute atomic E-state index is 12.6. The number of carbonyl (C=O) groups excluding carboxylic acids is 1. The van der Waals surface area contributed by atoms with Crippen LogP contribution in [0.2, 0.25) is 5.02 Å². The van der Waals surface area contributed by atoms with Crippen molar-refractivity contribution < 1.29 is 13.9 Å². The quantitative estimate of drug-likeness (QED) is 0.309. The number of halogens is 1. The van der Waals surface area contributed by atoms with E-state index in [9.17, 15) is 4.79 Å². The lowest BCUT2D eigenvalue weighted by atomic mass is 10.1. The van der Waals surface area contributed by atoms with Crippen LogP contribution in [0, 0.1) is 0 Å². The Bertz CT molecular complexity index is 1460. The first kappa shape index (κ1) is 22.7. The van der Waals surface area contributed by atoms with Gasteiger partial charge in [-0.1, -0.05) is 48.0 Å². The van der Waals surface area contributed by atoms with E-state index in [1.165, 1.54) is 0 Å². The zero-order valence-corrected chi connectivity index (χ0v) is 19.8. The van der Waals surface area contributed by atoms with E-state index >= 15 is 0 Å². The van der Waals surface area contributed by atoms with Gasteiger partial charge >= 0.3 is 6.01 Å². The van der Waals surface area contributed by atoms with Crippen LogP contribution in [0.3, 0.4) is 0 Å². The number of para-hydroxylation sites is 2. The molecule has 0 bridgehead atoms. The molecule has 0 spiro atoms. The summed E-state index contributed by atoms with van der Waals surface area (Å²) in [7, 11) is 1.62. The number of rotatable bonds is 8. The van der Waals surface area contributed by atoms with Crippen LogP contribution in [-0.4, -0.2) is 27.6 Å². The number of fused-ring (bicyclic) bond motifs is 1. The molecule has 176 valence electrons. The molecular weight excluding hydrogens is 464 g/mol. The molecular formula is C27H23ClN4O3. The third-order valence-corrected chi connectivity index (χ3v) is 5.94. The number of nitrogens with one attached hydrogen (secondary N) is 1. The Labute approximate surface area is 207 Å². The van der Waals surface area contributed by atoms with E-state index in [1.807, 2.05) is 77.4 Å². The second-order valence-electron chi connectivity index (χ2n) is 8.00. The topological polar surface area (TPSA) is 82.2 Å². The van der Waals surface area contributed by atoms with Gasteiger partial charge < -0.3 is 14.5 Å². The van der Waals surface area contributed by atoms with Gasteiger partial charge in [-0.25, -0.2) is 4.98 Å². The molecule has 2 aromatic heterocycles. The van der Waals surface area contributed by atoms with Crippen molar-refractivity contribution in [3.8, 4) is 23.0 Å². The highest BCUT2D eigenvalue weighted by Gasteiger charge is 2.19. The predicted molar refractivity (Wildman–Crippen MR) is 135 cm³/mol. The summed E-state index contributed by atoms with van der Waals surface area (Å²) >= 11 is 6.08. The van der Waals surface area contributed by atoms with Gasteiger partial charge in [0.25, 0.3) is 0 Å².